The third-order valence-electron chi connectivity index (χ3n) is 1.56. The lowest BCUT2D eigenvalue weighted by atomic mass is 10.4. The fourth-order valence-corrected chi connectivity index (χ4v) is 0.901. The molecule has 0 spiro atoms. The predicted molar refractivity (Wildman–Crippen MR) is 46.2 cm³/mol. The maximum Gasteiger partial charge on any atom is 0.406 e. The van der Waals surface area contributed by atoms with Gasteiger partial charge in [-0.1, -0.05) is 5.10 Å². The van der Waals surface area contributed by atoms with Gasteiger partial charge in [-0.2, -0.15) is 13.2 Å². The fourth-order valence-electron chi connectivity index (χ4n) is 0.901. The molecule has 1 unspecified atom stereocenters. The minimum absolute atomic E-state index is 0.110. The van der Waals surface area contributed by atoms with Crippen molar-refractivity contribution in [1.29, 1.82) is 0 Å². The normalized spacial score (nSPS) is 14.0. The van der Waals surface area contributed by atoms with Crippen LogP contribution in [0.5, 0.6) is 0 Å². The molecule has 1 rings (SSSR count). The van der Waals surface area contributed by atoms with Crippen LogP contribution in [0.4, 0.5) is 19.2 Å². The molecule has 0 aromatic carbocycles. The number of aromatic nitrogens is 2. The molecule has 0 aliphatic carbocycles. The molecule has 1 heterocycles. The van der Waals surface area contributed by atoms with Crippen molar-refractivity contribution in [2.75, 3.05) is 18.5 Å². The summed E-state index contributed by atoms with van der Waals surface area (Å²) in [7, 11) is 1.21. The fraction of sp³-hybridized carbons (Fsp3) is 0.714. The Labute approximate surface area is 84.1 Å². The van der Waals surface area contributed by atoms with E-state index in [2.05, 4.69) is 10.2 Å². The first-order valence-corrected chi connectivity index (χ1v) is 4.16. The number of rotatable bonds is 3. The summed E-state index contributed by atoms with van der Waals surface area (Å²) in [5.74, 6) is 0.110. The third-order valence-corrected chi connectivity index (χ3v) is 1.56. The van der Waals surface area contributed by atoms with Gasteiger partial charge in [-0.25, -0.2) is 0 Å². The molecule has 2 N–H and O–H groups in total. The van der Waals surface area contributed by atoms with Crippen LogP contribution in [0.15, 0.2) is 4.42 Å². The molecule has 1 aromatic heterocycles. The molecule has 86 valence electrons. The molecule has 0 bridgehead atoms. The summed E-state index contributed by atoms with van der Waals surface area (Å²) >= 11 is 0. The lowest BCUT2D eigenvalue weighted by Crippen LogP contribution is -2.31. The monoisotopic (exact) mass is 224 g/mol. The highest BCUT2D eigenvalue weighted by molar-refractivity contribution is 5.22. The summed E-state index contributed by atoms with van der Waals surface area (Å²) in [6, 6.07) is -0.690. The molecule has 0 saturated heterocycles. The van der Waals surface area contributed by atoms with Crippen LogP contribution in [0.2, 0.25) is 0 Å². The van der Waals surface area contributed by atoms with Gasteiger partial charge in [0.1, 0.15) is 6.54 Å². The van der Waals surface area contributed by atoms with E-state index in [-0.39, 0.29) is 11.9 Å². The molecule has 0 fully saturated rings. The molecule has 1 aromatic rings. The van der Waals surface area contributed by atoms with Crippen molar-refractivity contribution >= 4 is 6.01 Å². The van der Waals surface area contributed by atoms with Crippen molar-refractivity contribution in [2.24, 2.45) is 5.73 Å². The van der Waals surface area contributed by atoms with Crippen LogP contribution in [0, 0.1) is 0 Å². The number of halogens is 3. The lowest BCUT2D eigenvalue weighted by Gasteiger charge is -2.15. The summed E-state index contributed by atoms with van der Waals surface area (Å²) in [5, 5.41) is 6.97. The van der Waals surface area contributed by atoms with Crippen LogP contribution in [0.3, 0.4) is 0 Å². The average molecular weight is 224 g/mol. The van der Waals surface area contributed by atoms with E-state index in [0.29, 0.717) is 0 Å². The van der Waals surface area contributed by atoms with E-state index >= 15 is 0 Å². The quantitative estimate of drug-likeness (QED) is 0.832. The van der Waals surface area contributed by atoms with E-state index in [1.165, 1.54) is 7.05 Å². The number of nitrogens with two attached hydrogens (primary N) is 1. The molecule has 15 heavy (non-hydrogen) atoms. The highest BCUT2D eigenvalue weighted by Gasteiger charge is 2.31. The zero-order valence-electron chi connectivity index (χ0n) is 8.25. The molecule has 0 aliphatic rings. The number of hydrogen-bond donors (Lipinski definition) is 1. The van der Waals surface area contributed by atoms with Gasteiger partial charge in [-0.15, -0.1) is 5.10 Å². The number of anilines is 1. The number of alkyl halides is 3. The van der Waals surface area contributed by atoms with E-state index in [4.69, 9.17) is 10.2 Å². The largest absolute Gasteiger partial charge is 0.406 e. The van der Waals surface area contributed by atoms with Crippen molar-refractivity contribution in [3.63, 3.8) is 0 Å². The van der Waals surface area contributed by atoms with Crippen LogP contribution in [0.25, 0.3) is 0 Å². The minimum Gasteiger partial charge on any atom is -0.406 e. The molecule has 8 heteroatoms. The van der Waals surface area contributed by atoms with Gasteiger partial charge in [-0.05, 0) is 6.92 Å². The van der Waals surface area contributed by atoms with Crippen LogP contribution >= 0.6 is 0 Å². The first-order valence-electron chi connectivity index (χ1n) is 4.16. The Hall–Kier alpha value is -1.31. The summed E-state index contributed by atoms with van der Waals surface area (Å²) in [6.07, 6.45) is -4.31. The second kappa shape index (κ2) is 4.05. The van der Waals surface area contributed by atoms with Crippen molar-refractivity contribution < 1.29 is 17.6 Å². The third kappa shape index (κ3) is 3.39. The average Bonchev–Trinajstić information content (AvgIpc) is 2.47. The molecule has 0 aliphatic heterocycles. The SMILES string of the molecule is CC(N)c1nnc(N(C)CC(F)(F)F)o1. The van der Waals surface area contributed by atoms with Crippen molar-refractivity contribution in [3.8, 4) is 0 Å². The second-order valence-electron chi connectivity index (χ2n) is 3.18. The predicted octanol–water partition coefficient (Wildman–Crippen LogP) is 1.09. The van der Waals surface area contributed by atoms with Gasteiger partial charge in [0.25, 0.3) is 0 Å². The van der Waals surface area contributed by atoms with Crippen LogP contribution < -0.4 is 10.6 Å². The van der Waals surface area contributed by atoms with Gasteiger partial charge in [0.05, 0.1) is 6.04 Å². The van der Waals surface area contributed by atoms with Gasteiger partial charge in [0.2, 0.25) is 5.89 Å². The van der Waals surface area contributed by atoms with Crippen molar-refractivity contribution in [3.05, 3.63) is 5.89 Å². The Kier molecular flexibility index (Phi) is 3.18. The summed E-state index contributed by atoms with van der Waals surface area (Å²) < 4.78 is 40.9. The highest BCUT2D eigenvalue weighted by Crippen LogP contribution is 2.20. The smallest absolute Gasteiger partial charge is 0.406 e. The molecule has 0 radical (unpaired) electrons. The molecule has 0 amide bonds. The molecule has 1 atom stereocenters. The molecule has 0 saturated carbocycles. The van der Waals surface area contributed by atoms with Crippen molar-refractivity contribution in [2.45, 2.75) is 19.1 Å². The van der Waals surface area contributed by atoms with E-state index < -0.39 is 18.8 Å². The van der Waals surface area contributed by atoms with Crippen molar-refractivity contribution in [1.82, 2.24) is 10.2 Å². The van der Waals surface area contributed by atoms with Gasteiger partial charge >= 0.3 is 12.2 Å². The van der Waals surface area contributed by atoms with E-state index in [1.54, 1.807) is 6.92 Å². The van der Waals surface area contributed by atoms with E-state index in [1.807, 2.05) is 0 Å². The standard InChI is InChI=1S/C7H11F3N4O/c1-4(11)5-12-13-6(15-5)14(2)3-7(8,9)10/h4H,3,11H2,1-2H3. The summed E-state index contributed by atoms with van der Waals surface area (Å²) in [6.45, 7) is 0.453. The Morgan fingerprint density at radius 1 is 1.47 bits per heavy atom. The maximum absolute atomic E-state index is 12.0. The first kappa shape index (κ1) is 11.8. The Morgan fingerprint density at radius 2 is 2.07 bits per heavy atom. The van der Waals surface area contributed by atoms with Gasteiger partial charge < -0.3 is 15.1 Å². The van der Waals surface area contributed by atoms with E-state index in [0.717, 1.165) is 4.90 Å². The number of nitrogens with zero attached hydrogens (tertiary/aromatic N) is 3. The van der Waals surface area contributed by atoms with Crippen LogP contribution in [-0.2, 0) is 0 Å². The molecular formula is C7H11F3N4O. The zero-order valence-corrected chi connectivity index (χ0v) is 8.25. The Morgan fingerprint density at radius 3 is 2.47 bits per heavy atom. The first-order chi connectivity index (χ1) is 6.79. The van der Waals surface area contributed by atoms with Gasteiger partial charge in [0.15, 0.2) is 0 Å². The van der Waals surface area contributed by atoms with Crippen LogP contribution in [0.1, 0.15) is 18.9 Å². The van der Waals surface area contributed by atoms with Crippen LogP contribution in [-0.4, -0.2) is 30.0 Å². The maximum atomic E-state index is 12.0. The number of hydrogen-bond acceptors (Lipinski definition) is 5. The lowest BCUT2D eigenvalue weighted by molar-refractivity contribution is -0.119. The van der Waals surface area contributed by atoms with E-state index in [9.17, 15) is 13.2 Å². The highest BCUT2D eigenvalue weighted by atomic mass is 19.4. The zero-order chi connectivity index (χ0) is 11.6. The topological polar surface area (TPSA) is 68.2 Å². The molecule has 5 nitrogen and oxygen atoms in total. The second-order valence-corrected chi connectivity index (χ2v) is 3.18. The minimum atomic E-state index is -4.31. The molecular weight excluding hydrogens is 213 g/mol. The Bertz CT molecular complexity index is 322. The summed E-state index contributed by atoms with van der Waals surface area (Å²) in [5.41, 5.74) is 5.42. The van der Waals surface area contributed by atoms with Gasteiger partial charge in [-0.3, -0.25) is 0 Å². The van der Waals surface area contributed by atoms with Gasteiger partial charge in [0, 0.05) is 7.05 Å². The Balaban J connectivity index is 2.70. The summed E-state index contributed by atoms with van der Waals surface area (Å²) in [4.78, 5) is 0.818.